The van der Waals surface area contributed by atoms with Crippen LogP contribution in [0, 0.1) is 0 Å². The first-order valence-corrected chi connectivity index (χ1v) is 11.7. The number of para-hydroxylation sites is 1. The van der Waals surface area contributed by atoms with Crippen LogP contribution in [0.2, 0.25) is 0 Å². The zero-order valence-electron chi connectivity index (χ0n) is 19.1. The Morgan fingerprint density at radius 2 is 1.74 bits per heavy atom. The monoisotopic (exact) mass is 488 g/mol. The Bertz CT molecular complexity index is 1240. The van der Waals surface area contributed by atoms with Crippen molar-refractivity contribution in [3.05, 3.63) is 100 Å². The van der Waals surface area contributed by atoms with Crippen LogP contribution >= 0.6 is 11.8 Å². The number of carbonyl (C=O) groups excluding carboxylic acids is 1. The molecule has 0 unspecified atom stereocenters. The topological polar surface area (TPSA) is 88.4 Å². The van der Waals surface area contributed by atoms with Gasteiger partial charge in [0.25, 0.3) is 5.91 Å². The van der Waals surface area contributed by atoms with Crippen LogP contribution < -0.4 is 4.74 Å². The van der Waals surface area contributed by atoms with Crippen LogP contribution in [0.4, 0.5) is 5.69 Å². The molecule has 1 N–H and O–H groups in total. The molecule has 1 heterocycles. The van der Waals surface area contributed by atoms with Gasteiger partial charge in [-0.3, -0.25) is 9.69 Å². The fraction of sp³-hybridized carbons (Fsp3) is 0.148. The minimum absolute atomic E-state index is 0.105. The molecule has 0 aromatic heterocycles. The third kappa shape index (κ3) is 6.38. The first-order valence-electron chi connectivity index (χ1n) is 10.9. The highest BCUT2D eigenvalue weighted by Crippen LogP contribution is 2.34. The number of carboxylic acids is 1. The number of amides is 1. The largest absolute Gasteiger partial charge is 0.489 e. The minimum Gasteiger partial charge on any atom is -0.489 e. The predicted octanol–water partition coefficient (Wildman–Crippen LogP) is 5.21. The number of benzene rings is 3. The SMILES string of the molecule is COCCN1C(=O)C(=Cc2ccc(OCc3ccc(C(=O)O)cc3)cc2)SC1=Nc1ccccc1. The number of aromatic carboxylic acids is 1. The van der Waals surface area contributed by atoms with Gasteiger partial charge in [-0.25, -0.2) is 9.79 Å². The van der Waals surface area contributed by atoms with E-state index in [1.165, 1.54) is 11.8 Å². The third-order valence-electron chi connectivity index (χ3n) is 5.17. The predicted molar refractivity (Wildman–Crippen MR) is 137 cm³/mol. The van der Waals surface area contributed by atoms with E-state index in [0.717, 1.165) is 16.8 Å². The van der Waals surface area contributed by atoms with Crippen LogP contribution in [0.3, 0.4) is 0 Å². The van der Waals surface area contributed by atoms with Crippen LogP contribution in [0.15, 0.2) is 88.8 Å². The fourth-order valence-electron chi connectivity index (χ4n) is 3.31. The van der Waals surface area contributed by atoms with Gasteiger partial charge in [-0.15, -0.1) is 0 Å². The number of aliphatic imine (C=N–C) groups is 1. The Labute approximate surface area is 207 Å². The van der Waals surface area contributed by atoms with Crippen LogP contribution in [0.5, 0.6) is 5.75 Å². The van der Waals surface area contributed by atoms with Gasteiger partial charge in [-0.05, 0) is 65.4 Å². The van der Waals surface area contributed by atoms with Gasteiger partial charge in [0.15, 0.2) is 5.17 Å². The number of carboxylic acid groups (broad SMARTS) is 1. The molecule has 3 aromatic rings. The first-order chi connectivity index (χ1) is 17.0. The van der Waals surface area contributed by atoms with E-state index >= 15 is 0 Å². The van der Waals surface area contributed by atoms with E-state index in [-0.39, 0.29) is 11.5 Å². The van der Waals surface area contributed by atoms with Gasteiger partial charge >= 0.3 is 5.97 Å². The van der Waals surface area contributed by atoms with Crippen LogP contribution in [-0.2, 0) is 16.1 Å². The van der Waals surface area contributed by atoms with Crippen molar-refractivity contribution in [2.45, 2.75) is 6.61 Å². The summed E-state index contributed by atoms with van der Waals surface area (Å²) in [5, 5.41) is 9.61. The number of amidine groups is 1. The minimum atomic E-state index is -0.957. The second-order valence-electron chi connectivity index (χ2n) is 7.65. The van der Waals surface area contributed by atoms with Crippen LogP contribution in [0.25, 0.3) is 6.08 Å². The molecule has 0 spiro atoms. The van der Waals surface area contributed by atoms with Crippen LogP contribution in [-0.4, -0.2) is 47.3 Å². The maximum atomic E-state index is 13.0. The van der Waals surface area contributed by atoms with E-state index in [0.29, 0.717) is 35.6 Å². The number of carbonyl (C=O) groups is 2. The summed E-state index contributed by atoms with van der Waals surface area (Å²) in [4.78, 5) is 30.9. The number of nitrogens with zero attached hydrogens (tertiary/aromatic N) is 2. The van der Waals surface area contributed by atoms with Crippen molar-refractivity contribution >= 4 is 40.6 Å². The number of thioether (sulfide) groups is 1. The summed E-state index contributed by atoms with van der Waals surface area (Å²) in [6, 6.07) is 23.5. The smallest absolute Gasteiger partial charge is 0.335 e. The molecule has 7 nitrogen and oxygen atoms in total. The number of methoxy groups -OCH3 is 1. The molecule has 35 heavy (non-hydrogen) atoms. The van der Waals surface area contributed by atoms with Gasteiger partial charge in [-0.1, -0.05) is 42.5 Å². The zero-order valence-corrected chi connectivity index (χ0v) is 19.9. The molecule has 178 valence electrons. The summed E-state index contributed by atoms with van der Waals surface area (Å²) in [7, 11) is 1.60. The van der Waals surface area contributed by atoms with Crippen molar-refractivity contribution in [3.8, 4) is 5.75 Å². The van der Waals surface area contributed by atoms with Crippen molar-refractivity contribution in [2.75, 3.05) is 20.3 Å². The lowest BCUT2D eigenvalue weighted by Gasteiger charge is -2.14. The van der Waals surface area contributed by atoms with E-state index in [1.54, 1.807) is 36.3 Å². The molecular formula is C27H24N2O5S. The Balaban J connectivity index is 1.44. The highest BCUT2D eigenvalue weighted by Gasteiger charge is 2.33. The summed E-state index contributed by atoms with van der Waals surface area (Å²) >= 11 is 1.34. The van der Waals surface area contributed by atoms with E-state index in [1.807, 2.05) is 60.7 Å². The molecule has 4 rings (SSSR count). The molecule has 1 saturated heterocycles. The summed E-state index contributed by atoms with van der Waals surface area (Å²) < 4.78 is 11.0. The lowest BCUT2D eigenvalue weighted by atomic mass is 10.1. The third-order valence-corrected chi connectivity index (χ3v) is 6.18. The second kappa shape index (κ2) is 11.5. The molecule has 1 aliphatic heterocycles. The van der Waals surface area contributed by atoms with E-state index < -0.39 is 5.97 Å². The van der Waals surface area contributed by atoms with Crippen molar-refractivity contribution in [2.24, 2.45) is 4.99 Å². The second-order valence-corrected chi connectivity index (χ2v) is 8.66. The number of hydrogen-bond acceptors (Lipinski definition) is 6. The average molecular weight is 489 g/mol. The maximum Gasteiger partial charge on any atom is 0.335 e. The average Bonchev–Trinajstić information content (AvgIpc) is 3.16. The molecule has 0 aliphatic carbocycles. The van der Waals surface area contributed by atoms with E-state index in [2.05, 4.69) is 4.99 Å². The molecule has 3 aromatic carbocycles. The Morgan fingerprint density at radius 3 is 2.40 bits per heavy atom. The molecule has 0 atom stereocenters. The maximum absolute atomic E-state index is 13.0. The highest BCUT2D eigenvalue weighted by molar-refractivity contribution is 8.18. The first kappa shape index (κ1) is 24.3. The Morgan fingerprint density at radius 1 is 1.03 bits per heavy atom. The van der Waals surface area contributed by atoms with Crippen molar-refractivity contribution in [3.63, 3.8) is 0 Å². The Kier molecular flexibility index (Phi) is 7.97. The molecule has 0 radical (unpaired) electrons. The quantitative estimate of drug-likeness (QED) is 0.416. The summed E-state index contributed by atoms with van der Waals surface area (Å²) in [5.74, 6) is -0.388. The van der Waals surface area contributed by atoms with E-state index in [9.17, 15) is 9.59 Å². The highest BCUT2D eigenvalue weighted by atomic mass is 32.2. The lowest BCUT2D eigenvalue weighted by Crippen LogP contribution is -2.32. The standard InChI is InChI=1S/C27H24N2O5S/c1-33-16-15-29-25(30)24(35-27(29)28-22-5-3-2-4-6-22)17-19-9-13-23(14-10-19)34-18-20-7-11-21(12-8-20)26(31)32/h2-14,17H,15-16,18H2,1H3,(H,31,32). The van der Waals surface area contributed by atoms with Crippen molar-refractivity contribution in [1.29, 1.82) is 0 Å². The molecule has 1 aliphatic rings. The van der Waals surface area contributed by atoms with Gasteiger partial charge in [-0.2, -0.15) is 0 Å². The Hall–Kier alpha value is -3.88. The summed E-state index contributed by atoms with van der Waals surface area (Å²) in [5.41, 5.74) is 2.76. The van der Waals surface area contributed by atoms with Gasteiger partial charge in [0.05, 0.1) is 29.3 Å². The molecular weight excluding hydrogens is 464 g/mol. The van der Waals surface area contributed by atoms with Gasteiger partial charge in [0.1, 0.15) is 12.4 Å². The molecule has 0 saturated carbocycles. The fourth-order valence-corrected chi connectivity index (χ4v) is 4.33. The summed E-state index contributed by atoms with van der Waals surface area (Å²) in [6.07, 6.45) is 1.84. The lowest BCUT2D eigenvalue weighted by molar-refractivity contribution is -0.122. The molecule has 1 amide bonds. The summed E-state index contributed by atoms with van der Waals surface area (Å²) in [6.45, 7) is 1.16. The van der Waals surface area contributed by atoms with Crippen molar-refractivity contribution < 1.29 is 24.2 Å². The number of ether oxygens (including phenoxy) is 2. The van der Waals surface area contributed by atoms with E-state index in [4.69, 9.17) is 14.6 Å². The molecule has 0 bridgehead atoms. The number of hydrogen-bond donors (Lipinski definition) is 1. The number of rotatable bonds is 9. The van der Waals surface area contributed by atoms with Gasteiger partial charge in [0.2, 0.25) is 0 Å². The molecule has 1 fully saturated rings. The van der Waals surface area contributed by atoms with Crippen LogP contribution in [0.1, 0.15) is 21.5 Å². The zero-order chi connectivity index (χ0) is 24.6. The molecule has 8 heteroatoms. The van der Waals surface area contributed by atoms with Gasteiger partial charge < -0.3 is 14.6 Å². The van der Waals surface area contributed by atoms with Crippen molar-refractivity contribution in [1.82, 2.24) is 4.90 Å². The van der Waals surface area contributed by atoms with Gasteiger partial charge in [0, 0.05) is 7.11 Å². The normalized spacial score (nSPS) is 15.7.